The summed E-state index contributed by atoms with van der Waals surface area (Å²) in [5.41, 5.74) is -0.861. The summed E-state index contributed by atoms with van der Waals surface area (Å²) in [5.74, 6) is 0.936. The van der Waals surface area contributed by atoms with Gasteiger partial charge in [-0.1, -0.05) is 239 Å². The van der Waals surface area contributed by atoms with Crippen LogP contribution in [0.25, 0.3) is 0 Å². The summed E-state index contributed by atoms with van der Waals surface area (Å²) < 4.78 is 34.9. The SMILES string of the molecule is CCCCCCCCCCCCCC[C@@H](O)[C@@H](O)[C@H](COC1OC(CO)C(O)C(O)C1O)NC1(CCCCCCCCCCC2CCC(C3(N[C@@H](COC4OC(CO)C(O)C(O)C4O)[C@H](O)[C@H](O)CCCCCCCCCCCCCC)COC3)CC2)COC1. The van der Waals surface area contributed by atoms with Gasteiger partial charge in [-0.15, -0.1) is 0 Å². The zero-order valence-electron chi connectivity index (χ0n) is 56.1. The molecule has 20 heteroatoms. The van der Waals surface area contributed by atoms with Gasteiger partial charge in [0.2, 0.25) is 0 Å². The van der Waals surface area contributed by atoms with Gasteiger partial charge < -0.3 is 89.7 Å². The lowest BCUT2D eigenvalue weighted by Gasteiger charge is -2.52. The second-order valence-corrected chi connectivity index (χ2v) is 28.5. The molecule has 5 aliphatic rings. The molecule has 4 heterocycles. The van der Waals surface area contributed by atoms with E-state index in [0.29, 0.717) is 51.1 Å². The van der Waals surface area contributed by atoms with E-state index in [2.05, 4.69) is 24.5 Å². The van der Waals surface area contributed by atoms with Crippen LogP contribution in [0, 0.1) is 11.8 Å². The lowest BCUT2D eigenvalue weighted by Crippen LogP contribution is -2.70. The predicted octanol–water partition coefficient (Wildman–Crippen LogP) is 7.41. The second-order valence-electron chi connectivity index (χ2n) is 28.5. The maximum absolute atomic E-state index is 11.8. The van der Waals surface area contributed by atoms with E-state index in [1.54, 1.807) is 0 Å². The van der Waals surface area contributed by atoms with Gasteiger partial charge in [0, 0.05) is 0 Å². The van der Waals surface area contributed by atoms with Crippen molar-refractivity contribution in [2.45, 2.75) is 380 Å². The van der Waals surface area contributed by atoms with Crippen LogP contribution in [0.4, 0.5) is 0 Å². The third-order valence-corrected chi connectivity index (χ3v) is 21.0. The summed E-state index contributed by atoms with van der Waals surface area (Å²) in [7, 11) is 0. The van der Waals surface area contributed by atoms with Gasteiger partial charge in [0.15, 0.2) is 12.6 Å². The molecular formula is C70H134N2O18. The van der Waals surface area contributed by atoms with E-state index in [1.807, 2.05) is 0 Å². The number of unbranched alkanes of at least 4 members (excludes halogenated alkanes) is 29. The van der Waals surface area contributed by atoms with Crippen molar-refractivity contribution in [3.8, 4) is 0 Å². The molecule has 1 saturated carbocycles. The van der Waals surface area contributed by atoms with Gasteiger partial charge in [-0.3, -0.25) is 10.6 Å². The van der Waals surface area contributed by atoms with Gasteiger partial charge in [0.25, 0.3) is 0 Å². The molecule has 4 aliphatic heterocycles. The Kier molecular flexibility index (Phi) is 40.5. The zero-order chi connectivity index (χ0) is 65.0. The number of rotatable bonds is 54. The molecule has 0 aromatic rings. The third-order valence-electron chi connectivity index (χ3n) is 21.0. The van der Waals surface area contributed by atoms with Crippen LogP contribution in [0.3, 0.4) is 0 Å². The van der Waals surface area contributed by atoms with Crippen molar-refractivity contribution in [1.29, 1.82) is 0 Å². The Bertz CT molecular complexity index is 1750. The maximum atomic E-state index is 11.8. The lowest BCUT2D eigenvalue weighted by atomic mass is 9.69. The van der Waals surface area contributed by atoms with Crippen molar-refractivity contribution in [2.75, 3.05) is 52.9 Å². The van der Waals surface area contributed by atoms with Crippen molar-refractivity contribution >= 4 is 0 Å². The Balaban J connectivity index is 1.00. The van der Waals surface area contributed by atoms with Crippen LogP contribution in [-0.2, 0) is 28.4 Å². The highest BCUT2D eigenvalue weighted by molar-refractivity contribution is 5.05. The van der Waals surface area contributed by atoms with Crippen molar-refractivity contribution < 1.29 is 89.7 Å². The van der Waals surface area contributed by atoms with E-state index >= 15 is 0 Å². The van der Waals surface area contributed by atoms with Gasteiger partial charge in [-0.25, -0.2) is 0 Å². The lowest BCUT2D eigenvalue weighted by molar-refractivity contribution is -0.304. The minimum absolute atomic E-state index is 0.153. The van der Waals surface area contributed by atoms with Crippen LogP contribution >= 0.6 is 0 Å². The summed E-state index contributed by atoms with van der Waals surface area (Å²) in [6, 6.07) is -1.51. The molecule has 4 saturated heterocycles. The average Bonchev–Trinajstić information content (AvgIpc) is 1.22. The van der Waals surface area contributed by atoms with Gasteiger partial charge in [0.05, 0.1) is 100 Å². The fourth-order valence-electron chi connectivity index (χ4n) is 14.7. The maximum Gasteiger partial charge on any atom is 0.186 e. The van der Waals surface area contributed by atoms with Crippen LogP contribution < -0.4 is 10.6 Å². The van der Waals surface area contributed by atoms with Crippen LogP contribution in [0.2, 0.25) is 0 Å². The molecule has 5 fully saturated rings. The number of nitrogens with one attached hydrogen (secondary N) is 2. The minimum Gasteiger partial charge on any atom is -0.394 e. The summed E-state index contributed by atoms with van der Waals surface area (Å²) in [6.45, 7) is 4.83. The van der Waals surface area contributed by atoms with Crippen molar-refractivity contribution in [3.63, 3.8) is 0 Å². The Morgan fingerprint density at radius 2 is 0.767 bits per heavy atom. The van der Waals surface area contributed by atoms with Crippen molar-refractivity contribution in [1.82, 2.24) is 10.6 Å². The molecule has 532 valence electrons. The second kappa shape index (κ2) is 45.7. The molecule has 16 atom stereocenters. The van der Waals surface area contributed by atoms with Gasteiger partial charge >= 0.3 is 0 Å². The summed E-state index contributed by atoms with van der Waals surface area (Å²) in [4.78, 5) is 0. The molecule has 90 heavy (non-hydrogen) atoms. The van der Waals surface area contributed by atoms with E-state index in [4.69, 9.17) is 28.4 Å². The molecule has 14 N–H and O–H groups in total. The molecule has 10 unspecified atom stereocenters. The topological polar surface area (TPSA) is 322 Å². The van der Waals surface area contributed by atoms with E-state index in [9.17, 15) is 61.3 Å². The number of hydrogen-bond donors (Lipinski definition) is 14. The largest absolute Gasteiger partial charge is 0.394 e. The third kappa shape index (κ3) is 27.6. The molecule has 20 nitrogen and oxygen atoms in total. The first-order chi connectivity index (χ1) is 43.6. The Labute approximate surface area is 542 Å². The standard InChI is InChI=1S/C70H134N2O18/c1-3-5-7-9-11-13-15-17-19-24-28-32-36-55(75)59(77)53(45-87-67-65(83)63(81)61(79)57(43-73)89-67)71-69(47-85-48-69)42-34-30-26-22-21-23-27-31-35-51-38-40-52(41-39-51)70(49-86-50-70)72-54(46-88-68-66(84)64(82)62(80)58(44-74)90-68)60(78)56(76)37-33-29-25-20-18-16-14-12-10-8-6-4-2/h51-68,71-84H,3-50H2,1-2H3/t51?,52?,53-,54-,55+,56+,57?,58?,59-,60-,61?,62?,63?,64?,65?,66?,67?,68?/m0/s1. The van der Waals surface area contributed by atoms with Crippen molar-refractivity contribution in [3.05, 3.63) is 0 Å². The van der Waals surface area contributed by atoms with Crippen LogP contribution in [0.15, 0.2) is 0 Å². The predicted molar refractivity (Wildman–Crippen MR) is 347 cm³/mol. The Morgan fingerprint density at radius 1 is 0.411 bits per heavy atom. The van der Waals surface area contributed by atoms with Gasteiger partial charge in [0.1, 0.15) is 48.8 Å². The molecule has 0 bridgehead atoms. The molecule has 0 amide bonds. The van der Waals surface area contributed by atoms with E-state index in [1.165, 1.54) is 148 Å². The number of aliphatic hydroxyl groups is 12. The van der Waals surface area contributed by atoms with Crippen LogP contribution in [0.1, 0.15) is 271 Å². The minimum atomic E-state index is -1.59. The molecule has 0 aromatic heterocycles. The van der Waals surface area contributed by atoms with Crippen LogP contribution in [0.5, 0.6) is 0 Å². The highest BCUT2D eigenvalue weighted by atomic mass is 16.7. The van der Waals surface area contributed by atoms with Gasteiger partial charge in [-0.05, 0) is 43.9 Å². The fourth-order valence-corrected chi connectivity index (χ4v) is 14.7. The Hall–Kier alpha value is -0.800. The van der Waals surface area contributed by atoms with Crippen LogP contribution in [-0.4, -0.2) is 223 Å². The van der Waals surface area contributed by atoms with Crippen molar-refractivity contribution in [2.24, 2.45) is 11.8 Å². The molecule has 0 radical (unpaired) electrons. The van der Waals surface area contributed by atoms with Gasteiger partial charge in [-0.2, -0.15) is 0 Å². The first-order valence-electron chi connectivity index (χ1n) is 36.9. The zero-order valence-corrected chi connectivity index (χ0v) is 56.1. The highest BCUT2D eigenvalue weighted by Gasteiger charge is 2.51. The van der Waals surface area contributed by atoms with E-state index < -0.39 is 122 Å². The van der Waals surface area contributed by atoms with E-state index in [0.717, 1.165) is 96.3 Å². The molecule has 0 aromatic carbocycles. The monoisotopic (exact) mass is 1290 g/mol. The number of ether oxygens (including phenoxy) is 6. The summed E-state index contributed by atoms with van der Waals surface area (Å²) >= 11 is 0. The first-order valence-corrected chi connectivity index (χ1v) is 36.9. The fraction of sp³-hybridized carbons (Fsp3) is 1.00. The first kappa shape index (κ1) is 79.9. The number of hydrogen-bond acceptors (Lipinski definition) is 20. The normalized spacial score (nSPS) is 29.7. The molecular weight excluding hydrogens is 1160 g/mol. The summed E-state index contributed by atoms with van der Waals surface area (Å²) in [5, 5.41) is 136. The average molecular weight is 1290 g/mol. The molecule has 5 rings (SSSR count). The molecule has 0 spiro atoms. The Morgan fingerprint density at radius 3 is 1.12 bits per heavy atom. The summed E-state index contributed by atoms with van der Waals surface area (Å²) in [6.07, 6.45) is 26.1. The van der Waals surface area contributed by atoms with E-state index in [-0.39, 0.29) is 13.2 Å². The highest BCUT2D eigenvalue weighted by Crippen LogP contribution is 2.42. The molecule has 1 aliphatic carbocycles. The smallest absolute Gasteiger partial charge is 0.186 e. The quantitative estimate of drug-likeness (QED) is 0.0264. The number of aliphatic hydroxyl groups excluding tert-OH is 12.